The van der Waals surface area contributed by atoms with Crippen LogP contribution in [0.1, 0.15) is 23.3 Å². The molecular weight excluding hydrogens is 272 g/mol. The molecular formula is C15H20N2O2S. The van der Waals surface area contributed by atoms with Gasteiger partial charge in [0, 0.05) is 23.9 Å². The van der Waals surface area contributed by atoms with E-state index in [9.17, 15) is 9.59 Å². The smallest absolute Gasteiger partial charge is 0.245 e. The molecule has 1 saturated heterocycles. The van der Waals surface area contributed by atoms with Gasteiger partial charge in [-0.3, -0.25) is 9.59 Å². The van der Waals surface area contributed by atoms with E-state index >= 15 is 0 Å². The third kappa shape index (κ3) is 3.48. The van der Waals surface area contributed by atoms with Gasteiger partial charge in [-0.25, -0.2) is 0 Å². The summed E-state index contributed by atoms with van der Waals surface area (Å²) in [6.07, 6.45) is 2.80. The molecule has 1 aliphatic rings. The molecule has 108 valence electrons. The Hall–Kier alpha value is -1.62. The van der Waals surface area contributed by atoms with Gasteiger partial charge in [-0.05, 0) is 42.9 Å². The summed E-state index contributed by atoms with van der Waals surface area (Å²) in [5, 5.41) is 5.04. The van der Waals surface area contributed by atoms with E-state index in [0.29, 0.717) is 19.6 Å². The molecule has 0 aromatic carbocycles. The number of likely N-dealkylation sites (tertiary alicyclic amines) is 1. The van der Waals surface area contributed by atoms with Gasteiger partial charge in [0.25, 0.3) is 0 Å². The Morgan fingerprint density at radius 2 is 2.20 bits per heavy atom. The van der Waals surface area contributed by atoms with Crippen LogP contribution in [0.4, 0.5) is 0 Å². The Kier molecular flexibility index (Phi) is 4.95. The van der Waals surface area contributed by atoms with Crippen molar-refractivity contribution >= 4 is 23.2 Å². The third-order valence-electron chi connectivity index (χ3n) is 3.74. The number of nitrogens with one attached hydrogen (secondary N) is 1. The van der Waals surface area contributed by atoms with Crippen LogP contribution in [0.3, 0.4) is 0 Å². The molecule has 5 heteroatoms. The Morgan fingerprint density at radius 1 is 1.50 bits per heavy atom. The third-order valence-corrected chi connectivity index (χ3v) is 4.77. The van der Waals surface area contributed by atoms with Gasteiger partial charge in [0.05, 0.1) is 6.54 Å². The summed E-state index contributed by atoms with van der Waals surface area (Å²) in [5.74, 6) is 0.0747. The molecule has 1 aromatic rings. The van der Waals surface area contributed by atoms with Crippen molar-refractivity contribution in [1.29, 1.82) is 0 Å². The zero-order valence-electron chi connectivity index (χ0n) is 11.7. The van der Waals surface area contributed by atoms with Crippen LogP contribution in [0, 0.1) is 12.8 Å². The second-order valence-electron chi connectivity index (χ2n) is 5.05. The monoisotopic (exact) mass is 292 g/mol. The predicted molar refractivity (Wildman–Crippen MR) is 80.4 cm³/mol. The standard InChI is InChI=1S/C15H20N2O2S/c1-3-14(18)17-7-4-12(5-8-17)15(19)16-10-13-11(2)6-9-20-13/h3,6,9,12H,1,4-5,7-8,10H2,2H3,(H,16,19). The fourth-order valence-corrected chi connectivity index (χ4v) is 3.23. The van der Waals surface area contributed by atoms with E-state index in [0.717, 1.165) is 12.8 Å². The van der Waals surface area contributed by atoms with Crippen LogP contribution in [0.5, 0.6) is 0 Å². The van der Waals surface area contributed by atoms with Gasteiger partial charge in [-0.1, -0.05) is 6.58 Å². The maximum atomic E-state index is 12.1. The summed E-state index contributed by atoms with van der Waals surface area (Å²) < 4.78 is 0. The van der Waals surface area contributed by atoms with Crippen LogP contribution >= 0.6 is 11.3 Å². The van der Waals surface area contributed by atoms with Crippen molar-refractivity contribution < 1.29 is 9.59 Å². The van der Waals surface area contributed by atoms with Crippen molar-refractivity contribution in [2.45, 2.75) is 26.3 Å². The first kappa shape index (κ1) is 14.8. The summed E-state index contributed by atoms with van der Waals surface area (Å²) in [6.45, 7) is 7.42. The number of carbonyl (C=O) groups excluding carboxylic acids is 2. The van der Waals surface area contributed by atoms with Crippen LogP contribution in [-0.4, -0.2) is 29.8 Å². The van der Waals surface area contributed by atoms with Crippen LogP contribution in [0.15, 0.2) is 24.1 Å². The topological polar surface area (TPSA) is 49.4 Å². The lowest BCUT2D eigenvalue weighted by molar-refractivity contribution is -0.132. The average molecular weight is 292 g/mol. The molecule has 20 heavy (non-hydrogen) atoms. The van der Waals surface area contributed by atoms with Gasteiger partial charge < -0.3 is 10.2 Å². The molecule has 1 aromatic heterocycles. The molecule has 2 heterocycles. The molecule has 0 radical (unpaired) electrons. The molecule has 0 atom stereocenters. The molecule has 1 fully saturated rings. The van der Waals surface area contributed by atoms with Gasteiger partial charge in [0.2, 0.25) is 11.8 Å². The first-order valence-electron chi connectivity index (χ1n) is 6.84. The summed E-state index contributed by atoms with van der Waals surface area (Å²) in [4.78, 5) is 26.5. The second-order valence-corrected chi connectivity index (χ2v) is 6.05. The van der Waals surface area contributed by atoms with E-state index in [1.165, 1.54) is 16.5 Å². The minimum atomic E-state index is -0.0435. The van der Waals surface area contributed by atoms with E-state index < -0.39 is 0 Å². The second kappa shape index (κ2) is 6.70. The normalized spacial score (nSPS) is 15.9. The van der Waals surface area contributed by atoms with Crippen LogP contribution in [0.25, 0.3) is 0 Å². The van der Waals surface area contributed by atoms with Crippen LogP contribution in [0.2, 0.25) is 0 Å². The van der Waals surface area contributed by atoms with Gasteiger partial charge in [0.15, 0.2) is 0 Å². The number of hydrogen-bond acceptors (Lipinski definition) is 3. The molecule has 2 rings (SSSR count). The molecule has 0 bridgehead atoms. The van der Waals surface area contributed by atoms with E-state index in [4.69, 9.17) is 0 Å². The summed E-state index contributed by atoms with van der Waals surface area (Å²) in [6, 6.07) is 2.06. The van der Waals surface area contributed by atoms with E-state index in [2.05, 4.69) is 24.9 Å². The minimum absolute atomic E-state index is 0.0177. The maximum Gasteiger partial charge on any atom is 0.245 e. The highest BCUT2D eigenvalue weighted by atomic mass is 32.1. The Morgan fingerprint density at radius 3 is 2.75 bits per heavy atom. The number of nitrogens with zero attached hydrogens (tertiary/aromatic N) is 1. The summed E-state index contributed by atoms with van der Waals surface area (Å²) in [7, 11) is 0. The lowest BCUT2D eigenvalue weighted by atomic mass is 9.96. The Balaban J connectivity index is 1.79. The number of thiophene rings is 1. The van der Waals surface area contributed by atoms with Gasteiger partial charge in [0.1, 0.15) is 0 Å². The molecule has 4 nitrogen and oxygen atoms in total. The number of rotatable bonds is 4. The largest absolute Gasteiger partial charge is 0.351 e. The lowest BCUT2D eigenvalue weighted by Gasteiger charge is -2.30. The fourth-order valence-electron chi connectivity index (χ4n) is 2.39. The first-order valence-corrected chi connectivity index (χ1v) is 7.72. The van der Waals surface area contributed by atoms with E-state index in [1.807, 2.05) is 5.38 Å². The predicted octanol–water partition coefficient (Wildman–Crippen LogP) is 2.10. The maximum absolute atomic E-state index is 12.1. The van der Waals surface area contributed by atoms with Crippen molar-refractivity contribution in [3.8, 4) is 0 Å². The van der Waals surface area contributed by atoms with Crippen molar-refractivity contribution in [1.82, 2.24) is 10.2 Å². The molecule has 0 aliphatic carbocycles. The van der Waals surface area contributed by atoms with Crippen molar-refractivity contribution in [3.63, 3.8) is 0 Å². The summed E-state index contributed by atoms with van der Waals surface area (Å²) >= 11 is 1.67. The minimum Gasteiger partial charge on any atom is -0.351 e. The molecule has 2 amide bonds. The van der Waals surface area contributed by atoms with E-state index in [-0.39, 0.29) is 17.7 Å². The first-order chi connectivity index (χ1) is 9.61. The van der Waals surface area contributed by atoms with Gasteiger partial charge in [-0.2, -0.15) is 0 Å². The highest BCUT2D eigenvalue weighted by molar-refractivity contribution is 7.10. The van der Waals surface area contributed by atoms with Gasteiger partial charge in [-0.15, -0.1) is 11.3 Å². The SMILES string of the molecule is C=CC(=O)N1CCC(C(=O)NCc2sccc2C)CC1. The summed E-state index contributed by atoms with van der Waals surface area (Å²) in [5.41, 5.74) is 1.22. The molecule has 0 unspecified atom stereocenters. The van der Waals surface area contributed by atoms with E-state index in [1.54, 1.807) is 16.2 Å². The highest BCUT2D eigenvalue weighted by Crippen LogP contribution is 2.19. The lowest BCUT2D eigenvalue weighted by Crippen LogP contribution is -2.42. The van der Waals surface area contributed by atoms with Crippen molar-refractivity contribution in [2.24, 2.45) is 5.92 Å². The van der Waals surface area contributed by atoms with Crippen LogP contribution in [-0.2, 0) is 16.1 Å². The van der Waals surface area contributed by atoms with Crippen molar-refractivity contribution in [2.75, 3.05) is 13.1 Å². The average Bonchev–Trinajstić information content (AvgIpc) is 2.89. The van der Waals surface area contributed by atoms with Gasteiger partial charge >= 0.3 is 0 Å². The molecule has 0 spiro atoms. The zero-order valence-corrected chi connectivity index (χ0v) is 12.5. The Bertz CT molecular complexity index is 502. The number of aryl methyl sites for hydroxylation is 1. The molecule has 1 aliphatic heterocycles. The number of amides is 2. The van der Waals surface area contributed by atoms with Crippen molar-refractivity contribution in [3.05, 3.63) is 34.5 Å². The zero-order chi connectivity index (χ0) is 14.5. The molecule has 0 saturated carbocycles. The number of hydrogen-bond donors (Lipinski definition) is 1. The number of piperidine rings is 1. The molecule has 1 N–H and O–H groups in total. The highest BCUT2D eigenvalue weighted by Gasteiger charge is 2.26. The Labute approximate surface area is 123 Å². The fraction of sp³-hybridized carbons (Fsp3) is 0.467. The van der Waals surface area contributed by atoms with Crippen LogP contribution < -0.4 is 5.32 Å². The number of carbonyl (C=O) groups is 2. The quantitative estimate of drug-likeness (QED) is 0.864.